The number of carbonyl (C=O) groups excluding carboxylic acids is 1. The number of nitrogens with zero attached hydrogens (tertiary/aromatic N) is 3. The third-order valence-electron chi connectivity index (χ3n) is 5.05. The fraction of sp³-hybridized carbons (Fsp3) is 0.381. The van der Waals surface area contributed by atoms with Crippen molar-refractivity contribution in [3.05, 3.63) is 59.2 Å². The van der Waals surface area contributed by atoms with Crippen LogP contribution in [0.25, 0.3) is 0 Å². The predicted octanol–water partition coefficient (Wildman–Crippen LogP) is 2.14. The third kappa shape index (κ3) is 4.67. The number of likely N-dealkylation sites (N-methyl/N-ethyl adjacent to an activating group) is 1. The van der Waals surface area contributed by atoms with Gasteiger partial charge < -0.3 is 25.6 Å². The summed E-state index contributed by atoms with van der Waals surface area (Å²) in [6.07, 6.45) is 4.73. The van der Waals surface area contributed by atoms with Crippen LogP contribution in [0.4, 0.5) is 0 Å². The van der Waals surface area contributed by atoms with E-state index in [9.17, 15) is 9.90 Å². The Morgan fingerprint density at radius 2 is 2.18 bits per heavy atom. The van der Waals surface area contributed by atoms with Gasteiger partial charge in [0.05, 0.1) is 11.3 Å². The smallest absolute Gasteiger partial charge is 0.258 e. The summed E-state index contributed by atoms with van der Waals surface area (Å²) in [5.74, 6) is 0.219. The standard InChI is InChI=1S/C21H27N5O2/c1-25-10-6-7-15(13-25)14-26(2)21(28)17(12-22)20-23-18(11-19(27)24-20)16-8-4-3-5-9-16/h3-5,8-9,11-12,15,22,24,27H,6-7,10,13-14H2,1-2H3/b20-17+,22-12?. The van der Waals surface area contributed by atoms with Crippen molar-refractivity contribution in [2.75, 3.05) is 33.7 Å². The van der Waals surface area contributed by atoms with Gasteiger partial charge in [0.2, 0.25) is 0 Å². The lowest BCUT2D eigenvalue weighted by Gasteiger charge is -2.32. The van der Waals surface area contributed by atoms with E-state index in [1.807, 2.05) is 30.3 Å². The zero-order valence-electron chi connectivity index (χ0n) is 16.4. The molecule has 7 heteroatoms. The number of nitrogens with one attached hydrogen (secondary N) is 2. The quantitative estimate of drug-likeness (QED) is 0.538. The summed E-state index contributed by atoms with van der Waals surface area (Å²) in [5, 5.41) is 20.6. The number of aliphatic hydroxyl groups is 1. The van der Waals surface area contributed by atoms with Crippen molar-refractivity contribution in [2.24, 2.45) is 10.9 Å². The molecule has 7 nitrogen and oxygen atoms in total. The second-order valence-corrected chi connectivity index (χ2v) is 7.38. The molecule has 1 fully saturated rings. The van der Waals surface area contributed by atoms with Crippen LogP contribution in [0.2, 0.25) is 0 Å². The fourth-order valence-corrected chi connectivity index (χ4v) is 3.68. The van der Waals surface area contributed by atoms with Crippen molar-refractivity contribution in [1.82, 2.24) is 15.1 Å². The molecule has 28 heavy (non-hydrogen) atoms. The van der Waals surface area contributed by atoms with Crippen LogP contribution >= 0.6 is 0 Å². The lowest BCUT2D eigenvalue weighted by molar-refractivity contribution is -0.126. The van der Waals surface area contributed by atoms with Crippen LogP contribution in [0.3, 0.4) is 0 Å². The first kappa shape index (κ1) is 19.8. The summed E-state index contributed by atoms with van der Waals surface area (Å²) in [5.41, 5.74) is 1.48. The van der Waals surface area contributed by atoms with E-state index in [1.54, 1.807) is 11.9 Å². The normalized spacial score (nSPS) is 21.9. The van der Waals surface area contributed by atoms with Crippen molar-refractivity contribution in [2.45, 2.75) is 12.8 Å². The number of hydrogen-bond donors (Lipinski definition) is 3. The van der Waals surface area contributed by atoms with Gasteiger partial charge in [-0.2, -0.15) is 0 Å². The first-order valence-corrected chi connectivity index (χ1v) is 9.48. The SMILES string of the molecule is CN1CCCC(CN(C)C(=O)/C(C=N)=C2\N=C(c3ccccc3)C=C(O)N2)C1. The van der Waals surface area contributed by atoms with Crippen LogP contribution in [0.15, 0.2) is 58.7 Å². The highest BCUT2D eigenvalue weighted by Gasteiger charge is 2.25. The van der Waals surface area contributed by atoms with Gasteiger partial charge in [-0.25, -0.2) is 4.99 Å². The van der Waals surface area contributed by atoms with Crippen LogP contribution in [-0.2, 0) is 4.79 Å². The van der Waals surface area contributed by atoms with Crippen molar-refractivity contribution < 1.29 is 9.90 Å². The summed E-state index contributed by atoms with van der Waals surface area (Å²) in [7, 11) is 3.85. The van der Waals surface area contributed by atoms with Gasteiger partial charge in [0.25, 0.3) is 5.91 Å². The highest BCUT2D eigenvalue weighted by Crippen LogP contribution is 2.18. The first-order chi connectivity index (χ1) is 13.5. The van der Waals surface area contributed by atoms with Crippen LogP contribution in [0.1, 0.15) is 18.4 Å². The molecular weight excluding hydrogens is 354 g/mol. The monoisotopic (exact) mass is 381 g/mol. The molecule has 2 heterocycles. The van der Waals surface area contributed by atoms with Gasteiger partial charge in [0.15, 0.2) is 5.88 Å². The van der Waals surface area contributed by atoms with Gasteiger partial charge in [-0.1, -0.05) is 30.3 Å². The van der Waals surface area contributed by atoms with Gasteiger partial charge >= 0.3 is 0 Å². The molecule has 3 rings (SSSR count). The van der Waals surface area contributed by atoms with E-state index in [0.29, 0.717) is 18.2 Å². The Morgan fingerprint density at radius 1 is 1.43 bits per heavy atom. The minimum Gasteiger partial charge on any atom is -0.494 e. The van der Waals surface area contributed by atoms with Crippen molar-refractivity contribution in [3.8, 4) is 0 Å². The third-order valence-corrected chi connectivity index (χ3v) is 5.05. The summed E-state index contributed by atoms with van der Waals surface area (Å²) in [6, 6.07) is 9.42. The zero-order chi connectivity index (χ0) is 20.1. The number of piperidine rings is 1. The average molecular weight is 381 g/mol. The fourth-order valence-electron chi connectivity index (χ4n) is 3.68. The number of allylic oxidation sites excluding steroid dienone is 1. The summed E-state index contributed by atoms with van der Waals surface area (Å²) < 4.78 is 0. The van der Waals surface area contributed by atoms with Gasteiger partial charge in [0.1, 0.15) is 5.82 Å². The maximum atomic E-state index is 13.0. The Morgan fingerprint density at radius 3 is 2.86 bits per heavy atom. The number of rotatable bonds is 5. The summed E-state index contributed by atoms with van der Waals surface area (Å²) >= 11 is 0. The van der Waals surface area contributed by atoms with E-state index in [1.165, 1.54) is 6.08 Å². The highest BCUT2D eigenvalue weighted by molar-refractivity contribution is 6.14. The molecule has 1 unspecified atom stereocenters. The molecule has 1 aromatic rings. The van der Waals surface area contributed by atoms with Crippen LogP contribution in [-0.4, -0.2) is 66.5 Å². The lowest BCUT2D eigenvalue weighted by Crippen LogP contribution is -2.41. The molecule has 1 saturated heterocycles. The van der Waals surface area contributed by atoms with E-state index < -0.39 is 0 Å². The van der Waals surface area contributed by atoms with Gasteiger partial charge in [0, 0.05) is 38.0 Å². The number of aliphatic imine (C=N–C) groups is 1. The molecule has 2 aliphatic rings. The number of aliphatic hydroxyl groups excluding tert-OH is 1. The first-order valence-electron chi connectivity index (χ1n) is 9.48. The molecule has 2 aliphatic heterocycles. The van der Waals surface area contributed by atoms with Gasteiger partial charge in [-0.05, 0) is 32.4 Å². The molecule has 1 aromatic carbocycles. The Balaban J connectivity index is 1.82. The number of carbonyl (C=O) groups is 1. The topological polar surface area (TPSA) is 92.0 Å². The Labute approximate surface area is 165 Å². The molecule has 0 saturated carbocycles. The molecule has 3 N–H and O–H groups in total. The van der Waals surface area contributed by atoms with Crippen molar-refractivity contribution in [1.29, 1.82) is 5.41 Å². The molecule has 0 spiro atoms. The van der Waals surface area contributed by atoms with Crippen molar-refractivity contribution >= 4 is 17.8 Å². The van der Waals surface area contributed by atoms with Gasteiger partial charge in [-0.15, -0.1) is 0 Å². The highest BCUT2D eigenvalue weighted by atomic mass is 16.3. The zero-order valence-corrected chi connectivity index (χ0v) is 16.4. The molecular formula is C21H27N5O2. The van der Waals surface area contributed by atoms with Crippen LogP contribution < -0.4 is 5.32 Å². The summed E-state index contributed by atoms with van der Waals surface area (Å²) in [4.78, 5) is 21.4. The largest absolute Gasteiger partial charge is 0.494 e. The molecule has 0 aromatic heterocycles. The van der Waals surface area contributed by atoms with Crippen LogP contribution in [0.5, 0.6) is 0 Å². The van der Waals surface area contributed by atoms with E-state index in [0.717, 1.165) is 37.7 Å². The minimum atomic E-state index is -0.281. The number of hydrogen-bond acceptors (Lipinski definition) is 6. The number of amides is 1. The molecule has 0 bridgehead atoms. The molecule has 0 aliphatic carbocycles. The predicted molar refractivity (Wildman–Crippen MR) is 110 cm³/mol. The number of benzene rings is 1. The Hall–Kier alpha value is -2.93. The second-order valence-electron chi connectivity index (χ2n) is 7.38. The maximum Gasteiger partial charge on any atom is 0.258 e. The Bertz CT molecular complexity index is 828. The van der Waals surface area contributed by atoms with E-state index in [4.69, 9.17) is 5.41 Å². The summed E-state index contributed by atoms with van der Waals surface area (Å²) in [6.45, 7) is 2.69. The lowest BCUT2D eigenvalue weighted by atomic mass is 9.98. The Kier molecular flexibility index (Phi) is 6.26. The molecule has 0 radical (unpaired) electrons. The van der Waals surface area contributed by atoms with Crippen LogP contribution in [0, 0.1) is 11.3 Å². The molecule has 148 valence electrons. The minimum absolute atomic E-state index is 0.104. The van der Waals surface area contributed by atoms with E-state index >= 15 is 0 Å². The molecule has 1 amide bonds. The average Bonchev–Trinajstić information content (AvgIpc) is 2.69. The van der Waals surface area contributed by atoms with Crippen molar-refractivity contribution in [3.63, 3.8) is 0 Å². The van der Waals surface area contributed by atoms with E-state index in [2.05, 4.69) is 22.3 Å². The van der Waals surface area contributed by atoms with E-state index in [-0.39, 0.29) is 23.2 Å². The number of likely N-dealkylation sites (tertiary alicyclic amines) is 1. The molecule has 1 atom stereocenters. The van der Waals surface area contributed by atoms with Gasteiger partial charge in [-0.3, -0.25) is 4.79 Å². The second kappa shape index (κ2) is 8.84. The maximum absolute atomic E-state index is 13.0.